The number of furan rings is 1. The lowest BCUT2D eigenvalue weighted by Gasteiger charge is -2.46. The fourth-order valence-corrected chi connectivity index (χ4v) is 11.7. The second-order valence-electron chi connectivity index (χ2n) is 19.5. The fraction of sp³-hybridized carbons (Fsp3) is 0.169. The fourth-order valence-electron chi connectivity index (χ4n) is 11.7. The van der Waals surface area contributed by atoms with Crippen LogP contribution in [0.2, 0.25) is 0 Å². The number of aryl methyl sites for hydroxylation is 5. The predicted molar refractivity (Wildman–Crippen MR) is 295 cm³/mol. The molecule has 0 bridgehead atoms. The summed E-state index contributed by atoms with van der Waals surface area (Å²) in [5.41, 5.74) is 26.5. The van der Waals surface area contributed by atoms with Crippen LogP contribution in [0.15, 0.2) is 186 Å². The van der Waals surface area contributed by atoms with Crippen LogP contribution >= 0.6 is 0 Å². The lowest BCUT2D eigenvalue weighted by atomic mass is 9.43. The van der Waals surface area contributed by atoms with Gasteiger partial charge in [0.25, 0.3) is 0 Å². The molecule has 0 amide bonds. The highest BCUT2D eigenvalue weighted by molar-refractivity contribution is 6.95. The van der Waals surface area contributed by atoms with Gasteiger partial charge < -0.3 is 14.1 Å². The summed E-state index contributed by atoms with van der Waals surface area (Å²) in [6.45, 7) is 11.1. The van der Waals surface area contributed by atoms with E-state index in [1.165, 1.54) is 107 Å². The van der Waals surface area contributed by atoms with Crippen molar-refractivity contribution in [2.24, 2.45) is 0 Å². The van der Waals surface area contributed by atoms with Crippen molar-refractivity contribution in [3.05, 3.63) is 210 Å². The second-order valence-corrected chi connectivity index (χ2v) is 19.5. The molecular formula is C65H57BN2O. The topological polar surface area (TPSA) is 19.6 Å². The first-order chi connectivity index (χ1) is 33.9. The quantitative estimate of drug-likeness (QED) is 0.121. The van der Waals surface area contributed by atoms with Gasteiger partial charge in [-0.2, -0.15) is 0 Å². The number of rotatable bonds is 11. The maximum Gasteiger partial charge on any atom is 0.336 e. The molecule has 4 heteroatoms. The second kappa shape index (κ2) is 17.5. The minimum Gasteiger partial charge on any atom is -0.456 e. The van der Waals surface area contributed by atoms with Gasteiger partial charge in [-0.15, -0.1) is 0 Å². The van der Waals surface area contributed by atoms with E-state index in [9.17, 15) is 0 Å². The molecule has 2 aliphatic rings. The van der Waals surface area contributed by atoms with Crippen LogP contribution < -0.4 is 20.6 Å². The van der Waals surface area contributed by atoms with Crippen molar-refractivity contribution >= 4 is 68.1 Å². The molecule has 10 aromatic rings. The molecule has 2 aliphatic heterocycles. The Morgan fingerprint density at radius 2 is 1.10 bits per heavy atom. The number of hydrogen-bond donors (Lipinski definition) is 0. The number of benzene rings is 9. The van der Waals surface area contributed by atoms with Crippen molar-refractivity contribution in [3.63, 3.8) is 0 Å². The Balaban J connectivity index is 1.23. The lowest BCUT2D eigenvalue weighted by Crippen LogP contribution is -2.61. The maximum absolute atomic E-state index is 7.24. The molecule has 1 aromatic heterocycles. The van der Waals surface area contributed by atoms with Crippen molar-refractivity contribution in [1.29, 1.82) is 0 Å². The third-order valence-electron chi connectivity index (χ3n) is 14.9. The van der Waals surface area contributed by atoms with Gasteiger partial charge in [-0.25, -0.2) is 0 Å². The smallest absolute Gasteiger partial charge is 0.336 e. The van der Waals surface area contributed by atoms with Gasteiger partial charge >= 0.3 is 6.85 Å². The van der Waals surface area contributed by atoms with Gasteiger partial charge in [-0.05, 0) is 168 Å². The van der Waals surface area contributed by atoms with Crippen LogP contribution in [0.3, 0.4) is 0 Å². The zero-order valence-corrected chi connectivity index (χ0v) is 40.4. The normalized spacial score (nSPS) is 12.7. The molecule has 0 spiro atoms. The van der Waals surface area contributed by atoms with Gasteiger partial charge in [0.05, 0.1) is 5.69 Å². The van der Waals surface area contributed by atoms with Gasteiger partial charge in [0.1, 0.15) is 11.2 Å². The van der Waals surface area contributed by atoms with Crippen LogP contribution in [-0.4, -0.2) is 6.85 Å². The van der Waals surface area contributed by atoms with E-state index in [1.54, 1.807) is 0 Å². The van der Waals surface area contributed by atoms with Crippen LogP contribution in [-0.2, 0) is 12.8 Å². The number of nitrogens with zero attached hydrogens (tertiary/aromatic N) is 2. The van der Waals surface area contributed by atoms with E-state index < -0.39 is 0 Å². The van der Waals surface area contributed by atoms with Crippen LogP contribution in [0, 0.1) is 20.8 Å². The summed E-state index contributed by atoms with van der Waals surface area (Å²) in [5, 5.41) is 2.27. The molecule has 0 atom stereocenters. The molecule has 69 heavy (non-hydrogen) atoms. The molecule has 0 saturated carbocycles. The Kier molecular flexibility index (Phi) is 10.9. The number of para-hydroxylation sites is 1. The highest BCUT2D eigenvalue weighted by atomic mass is 16.3. The monoisotopic (exact) mass is 892 g/mol. The number of anilines is 5. The Morgan fingerprint density at radius 3 is 1.84 bits per heavy atom. The molecule has 9 aromatic carbocycles. The Morgan fingerprint density at radius 1 is 0.449 bits per heavy atom. The number of fused-ring (bicyclic) bond motifs is 8. The molecule has 3 nitrogen and oxygen atoms in total. The molecule has 336 valence electrons. The van der Waals surface area contributed by atoms with E-state index in [4.69, 9.17) is 4.42 Å². The van der Waals surface area contributed by atoms with E-state index in [0.717, 1.165) is 64.7 Å². The summed E-state index contributed by atoms with van der Waals surface area (Å²) in [6.07, 6.45) is 6.76. The highest BCUT2D eigenvalue weighted by Gasteiger charge is 2.47. The van der Waals surface area contributed by atoms with E-state index in [-0.39, 0.29) is 6.85 Å². The summed E-state index contributed by atoms with van der Waals surface area (Å²) in [6, 6.07) is 68.7. The van der Waals surface area contributed by atoms with Crippen molar-refractivity contribution < 1.29 is 4.42 Å². The van der Waals surface area contributed by atoms with Gasteiger partial charge in [-0.3, -0.25) is 0 Å². The van der Waals surface area contributed by atoms with Gasteiger partial charge in [0.2, 0.25) is 0 Å². The van der Waals surface area contributed by atoms with Crippen LogP contribution in [0.5, 0.6) is 0 Å². The molecule has 0 saturated heterocycles. The van der Waals surface area contributed by atoms with E-state index in [0.29, 0.717) is 0 Å². The molecule has 3 heterocycles. The highest BCUT2D eigenvalue weighted by Crippen LogP contribution is 2.52. The van der Waals surface area contributed by atoms with E-state index >= 15 is 0 Å². The first-order valence-electron chi connectivity index (χ1n) is 25.1. The standard InChI is InChI=1S/C65H57BN2O/c1-6-8-18-45-26-30-51(31-27-45)68-59-40-49(47-20-12-10-13-21-47)29-32-52(59)56-39-50(62-43(4)36-42(3)37-44(62)5)41-60-63(56)66(68)64-58(35-33-54-53-24-16-17-25-61(53)69-65(54)64)67(60)57-34-28-46(19-9-7-2)38-55(57)48-22-14-11-15-23-48/h10-17,20-41H,6-9,18-19H2,1-5H3. The predicted octanol–water partition coefficient (Wildman–Crippen LogP) is 16.9. The minimum atomic E-state index is -0.233. The van der Waals surface area contributed by atoms with Crippen LogP contribution in [0.1, 0.15) is 67.3 Å². The molecule has 0 radical (unpaired) electrons. The molecule has 0 N–H and O–H groups in total. The third kappa shape index (κ3) is 7.28. The van der Waals surface area contributed by atoms with Gasteiger partial charge in [0, 0.05) is 50.1 Å². The van der Waals surface area contributed by atoms with Crippen molar-refractivity contribution in [2.75, 3.05) is 9.71 Å². The van der Waals surface area contributed by atoms with Gasteiger partial charge in [-0.1, -0.05) is 154 Å². The molecule has 0 fully saturated rings. The molecular weight excluding hydrogens is 836 g/mol. The summed E-state index contributed by atoms with van der Waals surface area (Å²) >= 11 is 0. The van der Waals surface area contributed by atoms with E-state index in [2.05, 4.69) is 226 Å². The SMILES string of the molecule is CCCCc1ccc(N2B3c4c(cc(-c5c(C)cc(C)cc5C)cc4N(c4ccc(CCCC)cc4-c4ccccc4)c4ccc5c(oc6ccccc65)c43)-c3ccc(-c4ccccc4)cc32)cc1. The summed E-state index contributed by atoms with van der Waals surface area (Å²) < 4.78 is 7.24. The van der Waals surface area contributed by atoms with Crippen molar-refractivity contribution in [3.8, 4) is 44.5 Å². The Bertz CT molecular complexity index is 3550. The van der Waals surface area contributed by atoms with Crippen molar-refractivity contribution in [2.45, 2.75) is 73.1 Å². The maximum atomic E-state index is 7.24. The summed E-state index contributed by atoms with van der Waals surface area (Å²) in [5.74, 6) is 0. The van der Waals surface area contributed by atoms with Crippen LogP contribution in [0.25, 0.3) is 66.4 Å². The lowest BCUT2D eigenvalue weighted by molar-refractivity contribution is 0.671. The molecule has 0 aliphatic carbocycles. The number of hydrogen-bond acceptors (Lipinski definition) is 3. The average Bonchev–Trinajstić information content (AvgIpc) is 3.77. The zero-order valence-electron chi connectivity index (χ0n) is 40.4. The first-order valence-corrected chi connectivity index (χ1v) is 25.1. The Hall–Kier alpha value is -7.56. The molecule has 12 rings (SSSR count). The molecule has 0 unspecified atom stereocenters. The largest absolute Gasteiger partial charge is 0.456 e. The third-order valence-corrected chi connectivity index (χ3v) is 14.9. The zero-order chi connectivity index (χ0) is 46.8. The first kappa shape index (κ1) is 42.8. The Labute approximate surface area is 407 Å². The summed E-state index contributed by atoms with van der Waals surface area (Å²) in [4.78, 5) is 5.24. The number of unbranched alkanes of at least 4 members (excludes halogenated alkanes) is 2. The van der Waals surface area contributed by atoms with Gasteiger partial charge in [0.15, 0.2) is 0 Å². The van der Waals surface area contributed by atoms with Crippen LogP contribution in [0.4, 0.5) is 28.4 Å². The summed E-state index contributed by atoms with van der Waals surface area (Å²) in [7, 11) is 0. The average molecular weight is 893 g/mol. The minimum absolute atomic E-state index is 0.233. The van der Waals surface area contributed by atoms with Crippen molar-refractivity contribution in [1.82, 2.24) is 0 Å². The van der Waals surface area contributed by atoms with E-state index in [1.807, 2.05) is 0 Å².